The molecule has 5 nitrogen and oxygen atoms in total. The smallest absolute Gasteiger partial charge is 0.270 e. The summed E-state index contributed by atoms with van der Waals surface area (Å²) < 4.78 is 5.26. The average molecular weight is 292 g/mol. The van der Waals surface area contributed by atoms with E-state index in [1.165, 1.54) is 0 Å². The lowest BCUT2D eigenvalue weighted by atomic mass is 10.2. The van der Waals surface area contributed by atoms with Crippen LogP contribution in [-0.4, -0.2) is 43.2 Å². The molecule has 2 atom stereocenters. The Morgan fingerprint density at radius 3 is 3.00 bits per heavy atom. The van der Waals surface area contributed by atoms with Gasteiger partial charge in [-0.25, -0.2) is 4.98 Å². The second-order valence-electron chi connectivity index (χ2n) is 3.86. The second kappa shape index (κ2) is 6.89. The Labute approximate surface area is 117 Å². The van der Waals surface area contributed by atoms with Gasteiger partial charge in [-0.2, -0.15) is 0 Å². The molecule has 0 aliphatic carbocycles. The van der Waals surface area contributed by atoms with Gasteiger partial charge in [0.1, 0.15) is 10.8 Å². The van der Waals surface area contributed by atoms with Crippen LogP contribution in [-0.2, 0) is 4.74 Å². The van der Waals surface area contributed by atoms with E-state index in [-0.39, 0.29) is 30.5 Å². The molecule has 2 heterocycles. The first kappa shape index (κ1) is 15.2. The van der Waals surface area contributed by atoms with Crippen LogP contribution in [0.5, 0.6) is 0 Å². The minimum Gasteiger partial charge on any atom is -0.378 e. The number of rotatable bonds is 3. The molecular formula is C11H15Cl2N3O2. The van der Waals surface area contributed by atoms with Gasteiger partial charge in [0, 0.05) is 20.2 Å². The van der Waals surface area contributed by atoms with Crippen molar-refractivity contribution in [2.45, 2.75) is 12.1 Å². The molecule has 18 heavy (non-hydrogen) atoms. The highest BCUT2D eigenvalue weighted by Crippen LogP contribution is 2.07. The fraction of sp³-hybridized carbons (Fsp3) is 0.455. The SMILES string of the molecule is CO[C@H]1CNCC1NC(=O)c1cccc(Cl)n1.Cl. The summed E-state index contributed by atoms with van der Waals surface area (Å²) in [6.45, 7) is 1.44. The van der Waals surface area contributed by atoms with Crippen LogP contribution in [0.15, 0.2) is 18.2 Å². The zero-order valence-electron chi connectivity index (χ0n) is 9.85. The molecule has 100 valence electrons. The van der Waals surface area contributed by atoms with E-state index in [9.17, 15) is 4.79 Å². The standard InChI is InChI=1S/C11H14ClN3O2.ClH/c1-17-9-6-13-5-8(9)15-11(16)7-3-2-4-10(12)14-7;/h2-4,8-9,13H,5-6H2,1H3,(H,15,16);1H/t8?,9-;/m0./s1. The minimum atomic E-state index is -0.233. The predicted molar refractivity (Wildman–Crippen MR) is 71.4 cm³/mol. The van der Waals surface area contributed by atoms with Crippen LogP contribution in [0.3, 0.4) is 0 Å². The Balaban J connectivity index is 0.00000162. The number of amides is 1. The Morgan fingerprint density at radius 1 is 1.56 bits per heavy atom. The van der Waals surface area contributed by atoms with E-state index in [0.29, 0.717) is 17.4 Å². The van der Waals surface area contributed by atoms with Gasteiger partial charge in [-0.1, -0.05) is 17.7 Å². The average Bonchev–Trinajstić information content (AvgIpc) is 2.76. The molecule has 1 aromatic rings. The number of methoxy groups -OCH3 is 1. The van der Waals surface area contributed by atoms with Gasteiger partial charge < -0.3 is 15.4 Å². The highest BCUT2D eigenvalue weighted by atomic mass is 35.5. The molecule has 2 N–H and O–H groups in total. The van der Waals surface area contributed by atoms with Crippen molar-refractivity contribution >= 4 is 29.9 Å². The quantitative estimate of drug-likeness (QED) is 0.812. The molecule has 0 radical (unpaired) electrons. The molecule has 1 saturated heterocycles. The zero-order chi connectivity index (χ0) is 12.3. The van der Waals surface area contributed by atoms with E-state index in [0.717, 1.165) is 6.54 Å². The van der Waals surface area contributed by atoms with Crippen LogP contribution in [0.1, 0.15) is 10.5 Å². The molecule has 1 aliphatic heterocycles. The maximum atomic E-state index is 11.9. The van der Waals surface area contributed by atoms with Gasteiger partial charge in [-0.3, -0.25) is 4.79 Å². The molecule has 1 unspecified atom stereocenters. The molecule has 2 rings (SSSR count). The molecule has 7 heteroatoms. The van der Waals surface area contributed by atoms with Gasteiger partial charge in [0.2, 0.25) is 0 Å². The van der Waals surface area contributed by atoms with E-state index >= 15 is 0 Å². The van der Waals surface area contributed by atoms with Crippen LogP contribution < -0.4 is 10.6 Å². The molecular weight excluding hydrogens is 277 g/mol. The molecule has 0 aromatic carbocycles. The number of nitrogens with zero attached hydrogens (tertiary/aromatic N) is 1. The van der Waals surface area contributed by atoms with E-state index in [1.807, 2.05) is 0 Å². The molecule has 1 amide bonds. The van der Waals surface area contributed by atoms with Crippen molar-refractivity contribution in [2.75, 3.05) is 20.2 Å². The number of hydrogen-bond donors (Lipinski definition) is 2. The maximum Gasteiger partial charge on any atom is 0.270 e. The number of halogens is 2. The summed E-state index contributed by atoms with van der Waals surface area (Å²) in [6, 6.07) is 4.93. The monoisotopic (exact) mass is 291 g/mol. The fourth-order valence-corrected chi connectivity index (χ4v) is 1.99. The van der Waals surface area contributed by atoms with E-state index in [4.69, 9.17) is 16.3 Å². The maximum absolute atomic E-state index is 11.9. The number of pyridine rings is 1. The van der Waals surface area contributed by atoms with Crippen molar-refractivity contribution in [2.24, 2.45) is 0 Å². The molecule has 0 spiro atoms. The minimum absolute atomic E-state index is 0. The van der Waals surface area contributed by atoms with Crippen LogP contribution in [0, 0.1) is 0 Å². The lowest BCUT2D eigenvalue weighted by Gasteiger charge is -2.18. The summed E-state index contributed by atoms with van der Waals surface area (Å²) in [7, 11) is 1.63. The van der Waals surface area contributed by atoms with Crippen LogP contribution in [0.25, 0.3) is 0 Å². The van der Waals surface area contributed by atoms with Gasteiger partial charge in [0.25, 0.3) is 5.91 Å². The van der Waals surface area contributed by atoms with E-state index < -0.39 is 0 Å². The summed E-state index contributed by atoms with van der Waals surface area (Å²) >= 11 is 5.73. The van der Waals surface area contributed by atoms with Crippen molar-refractivity contribution in [1.82, 2.24) is 15.6 Å². The van der Waals surface area contributed by atoms with E-state index in [2.05, 4.69) is 15.6 Å². The van der Waals surface area contributed by atoms with Crippen molar-refractivity contribution < 1.29 is 9.53 Å². The Hall–Kier alpha value is -0.880. The van der Waals surface area contributed by atoms with Crippen LogP contribution in [0.4, 0.5) is 0 Å². The Kier molecular flexibility index (Phi) is 5.81. The van der Waals surface area contributed by atoms with Crippen LogP contribution in [0.2, 0.25) is 5.15 Å². The predicted octanol–water partition coefficient (Wildman–Crippen LogP) is 0.873. The lowest BCUT2D eigenvalue weighted by Crippen LogP contribution is -2.43. The molecule has 0 bridgehead atoms. The number of carbonyl (C=O) groups is 1. The fourth-order valence-electron chi connectivity index (χ4n) is 1.82. The molecule has 1 fully saturated rings. The van der Waals surface area contributed by atoms with Gasteiger partial charge in [0.05, 0.1) is 12.1 Å². The van der Waals surface area contributed by atoms with Crippen molar-refractivity contribution in [3.8, 4) is 0 Å². The highest BCUT2D eigenvalue weighted by Gasteiger charge is 2.28. The molecule has 1 aliphatic rings. The second-order valence-corrected chi connectivity index (χ2v) is 4.25. The zero-order valence-corrected chi connectivity index (χ0v) is 11.4. The number of aromatic nitrogens is 1. The molecule has 1 aromatic heterocycles. The van der Waals surface area contributed by atoms with Crippen LogP contribution >= 0.6 is 24.0 Å². The lowest BCUT2D eigenvalue weighted by molar-refractivity contribution is 0.0776. The first-order valence-corrected chi connectivity index (χ1v) is 5.75. The number of hydrogen-bond acceptors (Lipinski definition) is 4. The Bertz CT molecular complexity index is 417. The topological polar surface area (TPSA) is 63.2 Å². The Morgan fingerprint density at radius 2 is 2.33 bits per heavy atom. The number of nitrogens with one attached hydrogen (secondary N) is 2. The first-order chi connectivity index (χ1) is 8.20. The number of carbonyl (C=O) groups excluding carboxylic acids is 1. The van der Waals surface area contributed by atoms with Gasteiger partial charge in [-0.05, 0) is 12.1 Å². The summed E-state index contributed by atoms with van der Waals surface area (Å²) in [5, 5.41) is 6.34. The highest BCUT2D eigenvalue weighted by molar-refractivity contribution is 6.29. The third-order valence-electron chi connectivity index (χ3n) is 2.73. The summed E-state index contributed by atoms with van der Waals surface area (Å²) in [6.07, 6.45) is -0.00173. The van der Waals surface area contributed by atoms with E-state index in [1.54, 1.807) is 25.3 Å². The summed E-state index contributed by atoms with van der Waals surface area (Å²) in [5.41, 5.74) is 0.319. The third-order valence-corrected chi connectivity index (χ3v) is 2.94. The summed E-state index contributed by atoms with van der Waals surface area (Å²) in [4.78, 5) is 15.9. The van der Waals surface area contributed by atoms with Gasteiger partial charge in [0.15, 0.2) is 0 Å². The third kappa shape index (κ3) is 3.55. The van der Waals surface area contributed by atoms with Gasteiger partial charge >= 0.3 is 0 Å². The van der Waals surface area contributed by atoms with Crippen molar-refractivity contribution in [3.63, 3.8) is 0 Å². The summed E-state index contributed by atoms with van der Waals surface area (Å²) in [5.74, 6) is -0.233. The van der Waals surface area contributed by atoms with Crippen molar-refractivity contribution in [1.29, 1.82) is 0 Å². The number of ether oxygens (including phenoxy) is 1. The van der Waals surface area contributed by atoms with Crippen molar-refractivity contribution in [3.05, 3.63) is 29.0 Å². The molecule has 0 saturated carbocycles. The largest absolute Gasteiger partial charge is 0.378 e. The normalized spacial score (nSPS) is 22.3. The first-order valence-electron chi connectivity index (χ1n) is 5.37. The van der Waals surface area contributed by atoms with Gasteiger partial charge in [-0.15, -0.1) is 12.4 Å².